The van der Waals surface area contributed by atoms with Crippen molar-refractivity contribution in [2.45, 2.75) is 12.5 Å². The first-order valence-electron chi connectivity index (χ1n) is 9.45. The lowest BCUT2D eigenvalue weighted by Crippen LogP contribution is -2.32. The van der Waals surface area contributed by atoms with Crippen LogP contribution < -0.4 is 10.5 Å². The molecule has 7 nitrogen and oxygen atoms in total. The van der Waals surface area contributed by atoms with Crippen molar-refractivity contribution < 1.29 is 23.8 Å². The van der Waals surface area contributed by atoms with Gasteiger partial charge in [0.05, 0.1) is 5.56 Å². The van der Waals surface area contributed by atoms with E-state index < -0.39 is 18.0 Å². The molecule has 0 radical (unpaired) electrons. The molecule has 4 rings (SSSR count). The zero-order valence-corrected chi connectivity index (χ0v) is 19.2. The van der Waals surface area contributed by atoms with Gasteiger partial charge in [0.25, 0.3) is 0 Å². The van der Waals surface area contributed by atoms with Crippen LogP contribution in [-0.4, -0.2) is 28.1 Å². The summed E-state index contributed by atoms with van der Waals surface area (Å²) in [5, 5.41) is 9.80. The molecule has 4 aromatic rings. The summed E-state index contributed by atoms with van der Waals surface area (Å²) in [6.07, 6.45) is 0.173. The standard InChI is InChI=1S/C23H16Cl2N2O5.ClH/c24-15-8-14(9-16(25)11-15)21-27-19-6-3-13(10-20(19)32-21)23(30)31-17-4-1-12(2-5-17)7-18(26)22(28)29;/h1-6,8-11,18H,7,26H2,(H,28,29);1H/t18-;/m0./s1. The third kappa shape index (κ3) is 5.83. The highest BCUT2D eigenvalue weighted by molar-refractivity contribution is 6.35. The molecule has 0 saturated heterocycles. The summed E-state index contributed by atoms with van der Waals surface area (Å²) in [4.78, 5) is 27.8. The highest BCUT2D eigenvalue weighted by Gasteiger charge is 2.15. The summed E-state index contributed by atoms with van der Waals surface area (Å²) in [6, 6.07) is 15.2. The number of fused-ring (bicyclic) bond motifs is 1. The largest absolute Gasteiger partial charge is 0.480 e. The summed E-state index contributed by atoms with van der Waals surface area (Å²) in [7, 11) is 0. The number of aromatic nitrogens is 1. The smallest absolute Gasteiger partial charge is 0.343 e. The number of carboxylic acid groups (broad SMARTS) is 1. The van der Waals surface area contributed by atoms with E-state index in [9.17, 15) is 9.59 Å². The van der Waals surface area contributed by atoms with Gasteiger partial charge in [-0.15, -0.1) is 12.4 Å². The maximum absolute atomic E-state index is 12.6. The number of hydrogen-bond donors (Lipinski definition) is 2. The Hall–Kier alpha value is -3.10. The Morgan fingerprint density at radius 3 is 2.33 bits per heavy atom. The van der Waals surface area contributed by atoms with E-state index in [2.05, 4.69) is 4.98 Å². The molecule has 10 heteroatoms. The van der Waals surface area contributed by atoms with Crippen LogP contribution in [0.1, 0.15) is 15.9 Å². The Labute approximate surface area is 204 Å². The highest BCUT2D eigenvalue weighted by atomic mass is 35.5. The maximum Gasteiger partial charge on any atom is 0.343 e. The second-order valence-electron chi connectivity index (χ2n) is 7.04. The number of ether oxygens (including phenoxy) is 1. The van der Waals surface area contributed by atoms with E-state index >= 15 is 0 Å². The molecular formula is C23H17Cl3N2O5. The number of esters is 1. The van der Waals surface area contributed by atoms with Gasteiger partial charge in [-0.25, -0.2) is 9.78 Å². The lowest BCUT2D eigenvalue weighted by molar-refractivity contribution is -0.138. The predicted octanol–water partition coefficient (Wildman–Crippen LogP) is 5.40. The first-order valence-corrected chi connectivity index (χ1v) is 10.2. The molecule has 0 aliphatic carbocycles. The predicted molar refractivity (Wildman–Crippen MR) is 127 cm³/mol. The zero-order valence-electron chi connectivity index (χ0n) is 16.8. The number of halogens is 3. The molecule has 1 heterocycles. The molecule has 0 aliphatic rings. The van der Waals surface area contributed by atoms with Gasteiger partial charge in [0.1, 0.15) is 17.3 Å². The quantitative estimate of drug-likeness (QED) is 0.265. The van der Waals surface area contributed by atoms with Gasteiger partial charge in [-0.3, -0.25) is 4.79 Å². The molecule has 0 amide bonds. The highest BCUT2D eigenvalue weighted by Crippen LogP contribution is 2.30. The number of carbonyl (C=O) groups is 2. The third-order valence-electron chi connectivity index (χ3n) is 4.64. The Kier molecular flexibility index (Phi) is 7.61. The summed E-state index contributed by atoms with van der Waals surface area (Å²) in [5.41, 5.74) is 8.11. The van der Waals surface area contributed by atoms with Crippen molar-refractivity contribution in [3.63, 3.8) is 0 Å². The summed E-state index contributed by atoms with van der Waals surface area (Å²) in [5.74, 6) is -1.02. The van der Waals surface area contributed by atoms with Crippen LogP contribution in [0.15, 0.2) is 65.1 Å². The number of benzene rings is 3. The van der Waals surface area contributed by atoms with E-state index in [0.29, 0.717) is 38.3 Å². The number of hydrogen-bond acceptors (Lipinski definition) is 6. The van der Waals surface area contributed by atoms with Crippen LogP contribution in [0.4, 0.5) is 0 Å². The molecule has 0 spiro atoms. The summed E-state index contributed by atoms with van der Waals surface area (Å²) in [6.45, 7) is 0. The normalized spacial score (nSPS) is 11.6. The molecule has 0 fully saturated rings. The van der Waals surface area contributed by atoms with Crippen molar-refractivity contribution in [2.75, 3.05) is 0 Å². The number of carbonyl (C=O) groups excluding carboxylic acids is 1. The van der Waals surface area contributed by atoms with Gasteiger partial charge in [0, 0.05) is 15.6 Å². The lowest BCUT2D eigenvalue weighted by Gasteiger charge is -2.08. The summed E-state index contributed by atoms with van der Waals surface area (Å²) < 4.78 is 11.2. The Balaban J connectivity index is 0.00000306. The number of oxazole rings is 1. The van der Waals surface area contributed by atoms with Crippen molar-refractivity contribution in [3.05, 3.63) is 81.8 Å². The van der Waals surface area contributed by atoms with Gasteiger partial charge in [0.2, 0.25) is 5.89 Å². The Morgan fingerprint density at radius 2 is 1.70 bits per heavy atom. The van der Waals surface area contributed by atoms with Gasteiger partial charge < -0.3 is 20.0 Å². The van der Waals surface area contributed by atoms with Gasteiger partial charge in [-0.1, -0.05) is 35.3 Å². The molecule has 33 heavy (non-hydrogen) atoms. The molecular weight excluding hydrogens is 491 g/mol. The Bertz CT molecular complexity index is 1300. The average molecular weight is 508 g/mol. The minimum atomic E-state index is -1.08. The summed E-state index contributed by atoms with van der Waals surface area (Å²) >= 11 is 12.1. The van der Waals surface area contributed by atoms with E-state index in [1.165, 1.54) is 0 Å². The monoisotopic (exact) mass is 506 g/mol. The SMILES string of the molecule is Cl.N[C@@H](Cc1ccc(OC(=O)c2ccc3nc(-c4cc(Cl)cc(Cl)c4)oc3c2)cc1)C(=O)O. The zero-order chi connectivity index (χ0) is 22.8. The molecule has 1 aromatic heterocycles. The van der Waals surface area contributed by atoms with E-state index in [1.807, 2.05) is 0 Å². The van der Waals surface area contributed by atoms with Gasteiger partial charge in [-0.05, 0) is 60.5 Å². The van der Waals surface area contributed by atoms with Crippen molar-refractivity contribution in [1.29, 1.82) is 0 Å². The molecule has 1 atom stereocenters. The minimum Gasteiger partial charge on any atom is -0.480 e. The second-order valence-corrected chi connectivity index (χ2v) is 7.91. The lowest BCUT2D eigenvalue weighted by atomic mass is 10.1. The van der Waals surface area contributed by atoms with Crippen LogP contribution in [0, 0.1) is 0 Å². The first kappa shape index (κ1) is 24.5. The third-order valence-corrected chi connectivity index (χ3v) is 5.08. The van der Waals surface area contributed by atoms with Crippen LogP contribution >= 0.6 is 35.6 Å². The van der Waals surface area contributed by atoms with E-state index in [1.54, 1.807) is 60.7 Å². The van der Waals surface area contributed by atoms with E-state index in [0.717, 1.165) is 5.56 Å². The number of carboxylic acids is 1. The number of nitrogens with two attached hydrogens (primary N) is 1. The molecule has 0 bridgehead atoms. The van der Waals surface area contributed by atoms with Crippen molar-refractivity contribution in [2.24, 2.45) is 5.73 Å². The fourth-order valence-corrected chi connectivity index (χ4v) is 3.58. The molecule has 0 saturated carbocycles. The van der Waals surface area contributed by atoms with Crippen LogP contribution in [-0.2, 0) is 11.2 Å². The Morgan fingerprint density at radius 1 is 1.03 bits per heavy atom. The topological polar surface area (TPSA) is 116 Å². The van der Waals surface area contributed by atoms with E-state index in [4.69, 9.17) is 43.2 Å². The molecule has 170 valence electrons. The molecule has 3 N–H and O–H groups in total. The number of nitrogens with zero attached hydrogens (tertiary/aromatic N) is 1. The van der Waals surface area contributed by atoms with Gasteiger partial charge in [0.15, 0.2) is 5.58 Å². The van der Waals surface area contributed by atoms with Crippen LogP contribution in [0.25, 0.3) is 22.6 Å². The van der Waals surface area contributed by atoms with Crippen LogP contribution in [0.5, 0.6) is 5.75 Å². The van der Waals surface area contributed by atoms with Crippen LogP contribution in [0.2, 0.25) is 10.0 Å². The second kappa shape index (κ2) is 10.2. The van der Waals surface area contributed by atoms with E-state index in [-0.39, 0.29) is 24.4 Å². The minimum absolute atomic E-state index is 0. The van der Waals surface area contributed by atoms with Crippen LogP contribution in [0.3, 0.4) is 0 Å². The first-order chi connectivity index (χ1) is 15.3. The van der Waals surface area contributed by atoms with Gasteiger partial charge >= 0.3 is 11.9 Å². The molecule has 0 aliphatic heterocycles. The molecule has 3 aromatic carbocycles. The fourth-order valence-electron chi connectivity index (χ4n) is 3.05. The van der Waals surface area contributed by atoms with Gasteiger partial charge in [-0.2, -0.15) is 0 Å². The average Bonchev–Trinajstić information content (AvgIpc) is 3.18. The van der Waals surface area contributed by atoms with Crippen molar-refractivity contribution >= 4 is 58.6 Å². The van der Waals surface area contributed by atoms with Crippen molar-refractivity contribution in [3.8, 4) is 17.2 Å². The van der Waals surface area contributed by atoms with Crippen molar-refractivity contribution in [1.82, 2.24) is 4.98 Å². The fraction of sp³-hybridized carbons (Fsp3) is 0.0870. The molecule has 0 unspecified atom stereocenters. The number of rotatable bonds is 6. The number of aliphatic carboxylic acids is 1. The maximum atomic E-state index is 12.6.